The van der Waals surface area contributed by atoms with Gasteiger partial charge in [-0.15, -0.1) is 11.3 Å². The number of anilines is 2. The summed E-state index contributed by atoms with van der Waals surface area (Å²) in [7, 11) is 0. The molecule has 0 radical (unpaired) electrons. The van der Waals surface area contributed by atoms with Crippen LogP contribution in [0.15, 0.2) is 60.0 Å². The number of ketones is 1. The normalized spacial score (nSPS) is 24.1. The second-order valence-electron chi connectivity index (χ2n) is 9.56. The van der Waals surface area contributed by atoms with Crippen LogP contribution in [0, 0.1) is 32.6 Å². The van der Waals surface area contributed by atoms with Crippen LogP contribution in [0.5, 0.6) is 0 Å². The van der Waals surface area contributed by atoms with Gasteiger partial charge in [-0.05, 0) is 68.0 Å². The van der Waals surface area contributed by atoms with Gasteiger partial charge >= 0.3 is 0 Å². The van der Waals surface area contributed by atoms with Crippen molar-refractivity contribution in [2.75, 3.05) is 10.6 Å². The summed E-state index contributed by atoms with van der Waals surface area (Å²) in [6.45, 7) is 7.17. The highest BCUT2D eigenvalue weighted by Gasteiger charge is 2.56. The van der Waals surface area contributed by atoms with Crippen molar-refractivity contribution >= 4 is 40.3 Å². The number of Topliss-reactive ketones (excluding diaryl/α,β-unsaturated/α-hetero) is 1. The van der Waals surface area contributed by atoms with E-state index >= 15 is 0 Å². The van der Waals surface area contributed by atoms with Crippen molar-refractivity contribution in [3.8, 4) is 0 Å². The maximum Gasteiger partial charge on any atom is 0.235 e. The molecule has 1 fully saturated rings. The highest BCUT2D eigenvalue weighted by Crippen LogP contribution is 2.48. The lowest BCUT2D eigenvalue weighted by Gasteiger charge is -2.44. The van der Waals surface area contributed by atoms with Gasteiger partial charge in [0.1, 0.15) is 11.7 Å². The fourth-order valence-corrected chi connectivity index (χ4v) is 6.08. The predicted octanol–water partition coefficient (Wildman–Crippen LogP) is 4.99. The SMILES string of the molecule is Cc1ccccc1NC(=O)[C@@H]1C(=O)C[C@](C)(O)[C@@H](C(=O)Nc2ccccc2C)[C@@H]1c1sccc1C. The molecule has 6 nitrogen and oxygen atoms in total. The molecule has 0 aliphatic heterocycles. The van der Waals surface area contributed by atoms with E-state index in [1.807, 2.05) is 68.6 Å². The number of aryl methyl sites for hydroxylation is 3. The Kier molecular flexibility index (Phi) is 6.92. The van der Waals surface area contributed by atoms with Crippen molar-refractivity contribution < 1.29 is 19.5 Å². The fraction of sp³-hybridized carbons (Fsp3) is 0.321. The Morgan fingerprint density at radius 2 is 1.43 bits per heavy atom. The summed E-state index contributed by atoms with van der Waals surface area (Å²) in [5.74, 6) is -4.18. The van der Waals surface area contributed by atoms with E-state index < -0.39 is 35.2 Å². The molecule has 2 aromatic carbocycles. The Bertz CT molecular complexity index is 1280. The van der Waals surface area contributed by atoms with Gasteiger partial charge in [0.05, 0.1) is 11.5 Å². The zero-order valence-corrected chi connectivity index (χ0v) is 21.1. The second kappa shape index (κ2) is 9.76. The van der Waals surface area contributed by atoms with Crippen LogP contribution < -0.4 is 10.6 Å². The number of aliphatic hydroxyl groups is 1. The number of thiophene rings is 1. The van der Waals surface area contributed by atoms with Crippen LogP contribution in [0.4, 0.5) is 11.4 Å². The van der Waals surface area contributed by atoms with Crippen LogP contribution in [-0.2, 0) is 14.4 Å². The van der Waals surface area contributed by atoms with Crippen LogP contribution in [0.2, 0.25) is 0 Å². The lowest BCUT2D eigenvalue weighted by atomic mass is 9.62. The third kappa shape index (κ3) is 4.92. The van der Waals surface area contributed by atoms with E-state index in [0.29, 0.717) is 11.4 Å². The monoisotopic (exact) mass is 490 g/mol. The molecule has 35 heavy (non-hydrogen) atoms. The quantitative estimate of drug-likeness (QED) is 0.439. The molecular weight excluding hydrogens is 460 g/mol. The van der Waals surface area contributed by atoms with Crippen LogP contribution in [0.3, 0.4) is 0 Å². The van der Waals surface area contributed by atoms with E-state index in [4.69, 9.17) is 0 Å². The van der Waals surface area contributed by atoms with Crippen molar-refractivity contribution in [2.24, 2.45) is 11.8 Å². The summed E-state index contributed by atoms with van der Waals surface area (Å²) in [6.07, 6.45) is -0.286. The first-order chi connectivity index (χ1) is 16.6. The number of benzene rings is 2. The molecule has 7 heteroatoms. The van der Waals surface area contributed by atoms with E-state index in [1.165, 1.54) is 18.3 Å². The highest BCUT2D eigenvalue weighted by molar-refractivity contribution is 7.10. The molecular formula is C28H30N2O4S. The van der Waals surface area contributed by atoms with Crippen molar-refractivity contribution in [1.29, 1.82) is 0 Å². The van der Waals surface area contributed by atoms with Crippen LogP contribution in [0.25, 0.3) is 0 Å². The van der Waals surface area contributed by atoms with Crippen molar-refractivity contribution in [3.63, 3.8) is 0 Å². The number of carbonyl (C=O) groups is 3. The zero-order chi connectivity index (χ0) is 25.3. The smallest absolute Gasteiger partial charge is 0.235 e. The Balaban J connectivity index is 1.77. The summed E-state index contributed by atoms with van der Waals surface area (Å²) < 4.78 is 0. The number of para-hydroxylation sites is 2. The van der Waals surface area contributed by atoms with E-state index in [1.54, 1.807) is 12.1 Å². The molecule has 0 bridgehead atoms. The average molecular weight is 491 g/mol. The molecule has 3 aromatic rings. The maximum atomic E-state index is 13.7. The molecule has 1 aliphatic rings. The largest absolute Gasteiger partial charge is 0.389 e. The van der Waals surface area contributed by atoms with Gasteiger partial charge in [-0.1, -0.05) is 36.4 Å². The summed E-state index contributed by atoms with van der Waals surface area (Å²) in [4.78, 5) is 41.5. The minimum absolute atomic E-state index is 0.286. The number of amides is 2. The summed E-state index contributed by atoms with van der Waals surface area (Å²) >= 11 is 1.40. The Morgan fingerprint density at radius 1 is 0.886 bits per heavy atom. The van der Waals surface area contributed by atoms with Gasteiger partial charge in [-0.25, -0.2) is 0 Å². The summed E-state index contributed by atoms with van der Waals surface area (Å²) in [5, 5.41) is 19.1. The number of rotatable bonds is 5. The topological polar surface area (TPSA) is 95.5 Å². The van der Waals surface area contributed by atoms with Gasteiger partial charge in [0.25, 0.3) is 0 Å². The molecule has 4 rings (SSSR count). The first-order valence-electron chi connectivity index (χ1n) is 11.6. The molecule has 0 saturated heterocycles. The Morgan fingerprint density at radius 3 is 1.94 bits per heavy atom. The molecule has 1 aliphatic carbocycles. The van der Waals surface area contributed by atoms with Crippen LogP contribution >= 0.6 is 11.3 Å². The summed E-state index contributed by atoms with van der Waals surface area (Å²) in [6, 6.07) is 16.6. The minimum Gasteiger partial charge on any atom is -0.389 e. The third-order valence-electron chi connectivity index (χ3n) is 6.84. The van der Waals surface area contributed by atoms with Crippen molar-refractivity contribution in [2.45, 2.75) is 45.6 Å². The molecule has 1 saturated carbocycles. The summed E-state index contributed by atoms with van der Waals surface area (Å²) in [5.41, 5.74) is 2.26. The first kappa shape index (κ1) is 24.8. The zero-order valence-electron chi connectivity index (χ0n) is 20.3. The molecule has 2 amide bonds. The molecule has 0 spiro atoms. The van der Waals surface area contributed by atoms with Gasteiger partial charge in [0.2, 0.25) is 11.8 Å². The van der Waals surface area contributed by atoms with Gasteiger partial charge in [-0.3, -0.25) is 14.4 Å². The molecule has 1 aromatic heterocycles. The minimum atomic E-state index is -1.62. The Labute approximate surface area is 209 Å². The number of carbonyl (C=O) groups excluding carboxylic acids is 3. The van der Waals surface area contributed by atoms with Gasteiger partial charge in [0, 0.05) is 28.6 Å². The molecule has 3 N–H and O–H groups in total. The highest BCUT2D eigenvalue weighted by atomic mass is 32.1. The Hall–Kier alpha value is -3.29. The molecule has 1 heterocycles. The van der Waals surface area contributed by atoms with Gasteiger partial charge in [0.15, 0.2) is 0 Å². The standard InChI is InChI=1S/C28H30N2O4S/c1-16-9-5-7-11-19(16)29-26(32)22-21(31)15-28(4,34)24(23(22)25-18(3)13-14-35-25)27(33)30-20-12-8-6-10-17(20)2/h5-14,22-24,34H,15H2,1-4H3,(H,29,32)(H,30,33)/t22-,23-,24-,28+/m1/s1. The van der Waals surface area contributed by atoms with E-state index in [0.717, 1.165) is 21.6 Å². The molecule has 182 valence electrons. The van der Waals surface area contributed by atoms with Crippen LogP contribution in [-0.4, -0.2) is 28.3 Å². The van der Waals surface area contributed by atoms with Gasteiger partial charge in [-0.2, -0.15) is 0 Å². The number of nitrogens with one attached hydrogen (secondary N) is 2. The van der Waals surface area contributed by atoms with Crippen molar-refractivity contribution in [1.82, 2.24) is 0 Å². The molecule has 0 unspecified atom stereocenters. The number of hydrogen-bond donors (Lipinski definition) is 3. The second-order valence-corrected chi connectivity index (χ2v) is 10.5. The fourth-order valence-electron chi connectivity index (χ4n) is 4.98. The predicted molar refractivity (Wildman–Crippen MR) is 139 cm³/mol. The number of hydrogen-bond acceptors (Lipinski definition) is 5. The van der Waals surface area contributed by atoms with Crippen LogP contribution in [0.1, 0.15) is 40.8 Å². The van der Waals surface area contributed by atoms with Gasteiger partial charge < -0.3 is 15.7 Å². The third-order valence-corrected chi connectivity index (χ3v) is 7.96. The van der Waals surface area contributed by atoms with E-state index in [-0.39, 0.29) is 12.2 Å². The maximum absolute atomic E-state index is 13.7. The lowest BCUT2D eigenvalue weighted by molar-refractivity contribution is -0.150. The van der Waals surface area contributed by atoms with E-state index in [2.05, 4.69) is 10.6 Å². The molecule has 4 atom stereocenters. The first-order valence-corrected chi connectivity index (χ1v) is 12.5. The lowest BCUT2D eigenvalue weighted by Crippen LogP contribution is -2.56. The average Bonchev–Trinajstić information content (AvgIpc) is 3.21. The van der Waals surface area contributed by atoms with Crippen molar-refractivity contribution in [3.05, 3.63) is 81.5 Å². The van der Waals surface area contributed by atoms with E-state index in [9.17, 15) is 19.5 Å².